The largest absolute Gasteiger partial charge is 0.296 e. The van der Waals surface area contributed by atoms with Crippen LogP contribution in [0.1, 0.15) is 29.2 Å². The van der Waals surface area contributed by atoms with Crippen molar-refractivity contribution < 1.29 is 0 Å². The van der Waals surface area contributed by atoms with E-state index >= 15 is 0 Å². The summed E-state index contributed by atoms with van der Waals surface area (Å²) in [6, 6.07) is 17.1. The molecule has 0 N–H and O–H groups in total. The topological polar surface area (TPSA) is 12.4 Å². The quantitative estimate of drug-likeness (QED) is 0.521. The number of allylic oxidation sites excluding steroid dienone is 4. The van der Waals surface area contributed by atoms with Crippen LogP contribution in [0.15, 0.2) is 65.7 Å². The van der Waals surface area contributed by atoms with Crippen molar-refractivity contribution >= 4 is 17.4 Å². The molecule has 2 rings (SSSR count). The molecule has 0 radical (unpaired) electrons. The van der Waals surface area contributed by atoms with Crippen LogP contribution in [0.4, 0.5) is 0 Å². The Morgan fingerprint density at radius 1 is 0.955 bits per heavy atom. The normalized spacial score (nSPS) is 12.9. The van der Waals surface area contributed by atoms with E-state index in [9.17, 15) is 0 Å². The maximum atomic E-state index is 4.09. The molecule has 2 aromatic rings. The van der Waals surface area contributed by atoms with Gasteiger partial charge in [-0.3, -0.25) is 4.99 Å². The minimum absolute atomic E-state index is 1.17. The van der Waals surface area contributed by atoms with E-state index in [-0.39, 0.29) is 0 Å². The van der Waals surface area contributed by atoms with Gasteiger partial charge in [0.2, 0.25) is 0 Å². The maximum absolute atomic E-state index is 4.09. The van der Waals surface area contributed by atoms with E-state index in [4.69, 9.17) is 0 Å². The summed E-state index contributed by atoms with van der Waals surface area (Å²) in [7, 11) is 1.79. The fraction of sp³-hybridized carbons (Fsp3) is 0.190. The van der Waals surface area contributed by atoms with E-state index in [1.54, 1.807) is 7.05 Å². The van der Waals surface area contributed by atoms with Crippen LogP contribution in [0.2, 0.25) is 0 Å². The van der Waals surface area contributed by atoms with Crippen molar-refractivity contribution in [2.75, 3.05) is 7.05 Å². The van der Waals surface area contributed by atoms with Crippen LogP contribution in [0.3, 0.4) is 0 Å². The summed E-state index contributed by atoms with van der Waals surface area (Å²) < 4.78 is 0. The molecule has 0 saturated carbocycles. The standard InChI is InChI=1S/C21H23N/c1-16-9-11-19(12-10-16)20(13-14-22-4)15-18(3)21-8-6-5-7-17(21)2/h5-15H,1-4H3/b18-15+,20-13+,22-14+. The van der Waals surface area contributed by atoms with Gasteiger partial charge in [-0.2, -0.15) is 0 Å². The van der Waals surface area contributed by atoms with Crippen molar-refractivity contribution in [3.8, 4) is 0 Å². The molecule has 0 unspecified atom stereocenters. The SMILES string of the molecule is C/N=C/C=C(\C=C(/C)c1ccccc1C)c1ccc(C)cc1. The van der Waals surface area contributed by atoms with Crippen LogP contribution in [0.5, 0.6) is 0 Å². The molecule has 0 aliphatic carbocycles. The summed E-state index contributed by atoms with van der Waals surface area (Å²) in [5, 5.41) is 0. The third-order valence-corrected chi connectivity index (χ3v) is 3.73. The summed E-state index contributed by atoms with van der Waals surface area (Å²) >= 11 is 0. The fourth-order valence-corrected chi connectivity index (χ4v) is 2.45. The molecule has 1 nitrogen and oxygen atoms in total. The number of rotatable bonds is 4. The van der Waals surface area contributed by atoms with Gasteiger partial charge in [-0.25, -0.2) is 0 Å². The molecule has 0 fully saturated rings. The number of benzene rings is 2. The molecule has 0 aliphatic heterocycles. The van der Waals surface area contributed by atoms with Crippen molar-refractivity contribution in [3.63, 3.8) is 0 Å². The molecule has 22 heavy (non-hydrogen) atoms. The first-order valence-corrected chi connectivity index (χ1v) is 7.55. The summed E-state index contributed by atoms with van der Waals surface area (Å²) in [6.07, 6.45) is 6.14. The lowest BCUT2D eigenvalue weighted by Crippen LogP contribution is -1.88. The average molecular weight is 289 g/mol. The third kappa shape index (κ3) is 4.05. The molecule has 0 aliphatic rings. The second-order valence-electron chi connectivity index (χ2n) is 5.54. The Balaban J connectivity index is 2.45. The molecule has 0 spiro atoms. The van der Waals surface area contributed by atoms with Gasteiger partial charge in [-0.1, -0.05) is 60.2 Å². The summed E-state index contributed by atoms with van der Waals surface area (Å²) in [5.74, 6) is 0. The van der Waals surface area contributed by atoms with Gasteiger partial charge < -0.3 is 0 Å². The molecular formula is C21H23N. The van der Waals surface area contributed by atoms with Gasteiger partial charge in [0, 0.05) is 13.3 Å². The zero-order valence-electron chi connectivity index (χ0n) is 13.8. The summed E-state index contributed by atoms with van der Waals surface area (Å²) in [4.78, 5) is 4.09. The molecule has 0 saturated heterocycles. The van der Waals surface area contributed by atoms with Gasteiger partial charge in [0.15, 0.2) is 0 Å². The highest BCUT2D eigenvalue weighted by Gasteiger charge is 2.03. The van der Waals surface area contributed by atoms with Gasteiger partial charge in [0.1, 0.15) is 0 Å². The first kappa shape index (κ1) is 16.0. The number of aryl methyl sites for hydroxylation is 2. The average Bonchev–Trinajstić information content (AvgIpc) is 2.52. The zero-order chi connectivity index (χ0) is 15.9. The van der Waals surface area contributed by atoms with E-state index in [1.807, 2.05) is 6.21 Å². The monoisotopic (exact) mass is 289 g/mol. The van der Waals surface area contributed by atoms with Crippen molar-refractivity contribution in [2.45, 2.75) is 20.8 Å². The summed E-state index contributed by atoms with van der Waals surface area (Å²) in [5.41, 5.74) is 7.49. The molecule has 1 heteroatoms. The van der Waals surface area contributed by atoms with Crippen molar-refractivity contribution in [2.24, 2.45) is 4.99 Å². The smallest absolute Gasteiger partial charge is 0.0277 e. The second kappa shape index (κ2) is 7.56. The highest BCUT2D eigenvalue weighted by atomic mass is 14.6. The Labute approximate surface area is 133 Å². The molecule has 112 valence electrons. The van der Waals surface area contributed by atoms with Crippen LogP contribution in [-0.2, 0) is 0 Å². The Bertz CT molecular complexity index is 716. The summed E-state index contributed by atoms with van der Waals surface area (Å²) in [6.45, 7) is 6.41. The van der Waals surface area contributed by atoms with E-state index in [0.29, 0.717) is 0 Å². The number of nitrogens with zero attached hydrogens (tertiary/aromatic N) is 1. The number of aliphatic imine (C=N–C) groups is 1. The van der Waals surface area contributed by atoms with Crippen LogP contribution in [-0.4, -0.2) is 13.3 Å². The first-order valence-electron chi connectivity index (χ1n) is 7.55. The molecular weight excluding hydrogens is 266 g/mol. The van der Waals surface area contributed by atoms with Gasteiger partial charge in [0.25, 0.3) is 0 Å². The molecule has 0 bridgehead atoms. The van der Waals surface area contributed by atoms with E-state index in [1.165, 1.54) is 33.4 Å². The lowest BCUT2D eigenvalue weighted by Gasteiger charge is -2.09. The van der Waals surface area contributed by atoms with Gasteiger partial charge in [0.05, 0.1) is 0 Å². The maximum Gasteiger partial charge on any atom is 0.0277 e. The Hall–Kier alpha value is -2.41. The molecule has 0 amide bonds. The number of hydrogen-bond donors (Lipinski definition) is 0. The van der Waals surface area contributed by atoms with E-state index < -0.39 is 0 Å². The van der Waals surface area contributed by atoms with Crippen LogP contribution < -0.4 is 0 Å². The van der Waals surface area contributed by atoms with Crippen molar-refractivity contribution in [3.05, 3.63) is 82.9 Å². The van der Waals surface area contributed by atoms with Gasteiger partial charge in [-0.15, -0.1) is 0 Å². The lowest BCUT2D eigenvalue weighted by atomic mass is 9.96. The van der Waals surface area contributed by atoms with Crippen molar-refractivity contribution in [1.29, 1.82) is 0 Å². The Kier molecular flexibility index (Phi) is 5.48. The molecule has 0 heterocycles. The highest BCUT2D eigenvalue weighted by Crippen LogP contribution is 2.24. The fourth-order valence-electron chi connectivity index (χ4n) is 2.45. The Morgan fingerprint density at radius 3 is 2.27 bits per heavy atom. The van der Waals surface area contributed by atoms with E-state index in [2.05, 4.69) is 86.4 Å². The van der Waals surface area contributed by atoms with Gasteiger partial charge in [-0.05, 0) is 54.7 Å². The van der Waals surface area contributed by atoms with E-state index in [0.717, 1.165) is 0 Å². The van der Waals surface area contributed by atoms with Crippen LogP contribution in [0, 0.1) is 13.8 Å². The molecule has 2 aromatic carbocycles. The predicted molar refractivity (Wildman–Crippen MR) is 98.4 cm³/mol. The first-order chi connectivity index (χ1) is 10.6. The van der Waals surface area contributed by atoms with Crippen molar-refractivity contribution in [1.82, 2.24) is 0 Å². The van der Waals surface area contributed by atoms with Crippen LogP contribution >= 0.6 is 0 Å². The minimum atomic E-state index is 1.17. The third-order valence-electron chi connectivity index (χ3n) is 3.73. The highest BCUT2D eigenvalue weighted by molar-refractivity contribution is 5.92. The molecule has 0 aromatic heterocycles. The number of hydrogen-bond acceptors (Lipinski definition) is 1. The van der Waals surface area contributed by atoms with Crippen LogP contribution in [0.25, 0.3) is 11.1 Å². The van der Waals surface area contributed by atoms with Gasteiger partial charge >= 0.3 is 0 Å². The molecule has 0 atom stereocenters. The lowest BCUT2D eigenvalue weighted by molar-refractivity contribution is 1.41. The second-order valence-corrected chi connectivity index (χ2v) is 5.54. The zero-order valence-corrected chi connectivity index (χ0v) is 13.8. The Morgan fingerprint density at radius 2 is 1.64 bits per heavy atom. The predicted octanol–water partition coefficient (Wildman–Crippen LogP) is 5.49. The minimum Gasteiger partial charge on any atom is -0.296 e.